The van der Waals surface area contributed by atoms with E-state index in [2.05, 4.69) is 197 Å². The number of fused-ring (bicyclic) bond motifs is 4. The van der Waals surface area contributed by atoms with Gasteiger partial charge in [-0.25, -0.2) is 4.98 Å². The zero-order valence-corrected chi connectivity index (χ0v) is 44.7. The largest absolute Gasteiger partial charge is 0.486 e. The summed E-state index contributed by atoms with van der Waals surface area (Å²) in [6.45, 7) is 15.7. The number of hydrogen-bond acceptors (Lipinski definition) is 4. The molecule has 0 fully saturated rings. The van der Waals surface area contributed by atoms with Gasteiger partial charge in [-0.15, -0.1) is 18.2 Å². The van der Waals surface area contributed by atoms with Crippen molar-refractivity contribution in [2.45, 2.75) is 77.6 Å². The number of imidazole rings is 1. The number of aryl methyl sites for hydroxylation is 1. The zero-order chi connectivity index (χ0) is 46.4. The van der Waals surface area contributed by atoms with E-state index in [1.165, 1.54) is 15.5 Å². The zero-order valence-electron chi connectivity index (χ0n) is 40.2. The van der Waals surface area contributed by atoms with Crippen LogP contribution in [0.3, 0.4) is 0 Å². The van der Waals surface area contributed by atoms with Gasteiger partial charge in [0.1, 0.15) is 0 Å². The van der Waals surface area contributed by atoms with Gasteiger partial charge in [-0.3, -0.25) is 4.98 Å². The van der Waals surface area contributed by atoms with Crippen LogP contribution in [0.4, 0.5) is 0 Å². The third-order valence-corrected chi connectivity index (χ3v) is 16.4. The van der Waals surface area contributed by atoms with Crippen LogP contribution in [-0.2, 0) is 31.9 Å². The molecule has 0 saturated heterocycles. The van der Waals surface area contributed by atoms with Crippen LogP contribution in [0.15, 0.2) is 162 Å². The van der Waals surface area contributed by atoms with Crippen LogP contribution < -0.4 is 4.40 Å². The fourth-order valence-corrected chi connectivity index (χ4v) is 12.2. The van der Waals surface area contributed by atoms with Crippen LogP contribution in [0.2, 0.25) is 17.3 Å². The van der Waals surface area contributed by atoms with Gasteiger partial charge in [0.2, 0.25) is 5.71 Å². The molecule has 0 N–H and O–H groups in total. The molecule has 0 amide bonds. The topological polar surface area (TPSA) is 56.7 Å². The fourth-order valence-electron chi connectivity index (χ4n) is 8.87. The number of para-hydroxylation sites is 2. The molecule has 10 aromatic rings. The van der Waals surface area contributed by atoms with Crippen molar-refractivity contribution in [3.05, 3.63) is 187 Å². The van der Waals surface area contributed by atoms with E-state index in [9.17, 15) is 0 Å². The minimum Gasteiger partial charge on any atom is -0.486 e. The second-order valence-corrected chi connectivity index (χ2v) is 31.2. The van der Waals surface area contributed by atoms with Gasteiger partial charge in [0.05, 0.1) is 28.1 Å². The van der Waals surface area contributed by atoms with E-state index in [4.69, 9.17) is 19.4 Å². The van der Waals surface area contributed by atoms with Crippen LogP contribution in [0, 0.1) is 24.5 Å². The second-order valence-electron chi connectivity index (χ2n) is 20.7. The molecular weight excluding hydrogens is 1060 g/mol. The first-order chi connectivity index (χ1) is 31.5. The molecule has 7 heteroatoms. The van der Waals surface area contributed by atoms with Gasteiger partial charge in [0, 0.05) is 42.3 Å². The molecule has 0 unspecified atom stereocenters. The molecule has 0 saturated carbocycles. The molecule has 5 nitrogen and oxygen atoms in total. The molecule has 4 heterocycles. The van der Waals surface area contributed by atoms with Crippen molar-refractivity contribution in [2.75, 3.05) is 0 Å². The van der Waals surface area contributed by atoms with Gasteiger partial charge in [-0.05, 0) is 65.4 Å². The Morgan fingerprint density at radius 1 is 0.657 bits per heavy atom. The van der Waals surface area contributed by atoms with Crippen molar-refractivity contribution in [1.82, 2.24) is 19.5 Å². The SMILES string of the molecule is CC(C)(C)Cc1cc(-c2[c-]cccc2)nc[c]1[Ge]([CH3])([CH3])[CH3].Cc1ccc2c(n1)oc1c(-c3nc4ccccc4n3-c3c(-c4ccccc4)cc(C(C)(C)C)cc3-c3ccccc3)[c-]ccc12.[Ir]. The average Bonchev–Trinajstić information content (AvgIpc) is 3.86. The van der Waals surface area contributed by atoms with Crippen molar-refractivity contribution in [3.8, 4) is 50.6 Å². The molecular formula is C60H58GeIrN4O-2. The number of aromatic nitrogens is 4. The Labute approximate surface area is 412 Å². The maximum absolute atomic E-state index is 6.50. The summed E-state index contributed by atoms with van der Waals surface area (Å²) in [6.07, 6.45) is 3.24. The summed E-state index contributed by atoms with van der Waals surface area (Å²) in [5, 5.41) is 1.98. The summed E-state index contributed by atoms with van der Waals surface area (Å²) >= 11 is -1.90. The smallest absolute Gasteiger partial charge is 0.216 e. The number of furan rings is 1. The number of nitrogens with zero attached hydrogens (tertiary/aromatic N) is 4. The third-order valence-electron chi connectivity index (χ3n) is 12.1. The van der Waals surface area contributed by atoms with Crippen molar-refractivity contribution >= 4 is 50.8 Å². The Hall–Kier alpha value is -5.92. The van der Waals surface area contributed by atoms with Crippen LogP contribution >= 0.6 is 0 Å². The quantitative estimate of drug-likeness (QED) is 0.118. The molecule has 339 valence electrons. The maximum Gasteiger partial charge on any atom is 0.216 e. The van der Waals surface area contributed by atoms with Crippen LogP contribution in [0.1, 0.15) is 58.4 Å². The Morgan fingerprint density at radius 3 is 1.91 bits per heavy atom. The summed E-state index contributed by atoms with van der Waals surface area (Å²) in [6, 6.07) is 59.7. The van der Waals surface area contributed by atoms with Gasteiger partial charge in [0.15, 0.2) is 0 Å². The van der Waals surface area contributed by atoms with E-state index in [0.717, 1.165) is 90.1 Å². The summed E-state index contributed by atoms with van der Waals surface area (Å²) in [5.74, 6) is 8.10. The van der Waals surface area contributed by atoms with Crippen LogP contribution in [-0.4, -0.2) is 32.8 Å². The molecule has 0 aliphatic carbocycles. The first kappa shape index (κ1) is 47.6. The summed E-state index contributed by atoms with van der Waals surface area (Å²) in [5.41, 5.74) is 15.7. The molecule has 4 aromatic heterocycles. The molecule has 1 radical (unpaired) electrons. The summed E-state index contributed by atoms with van der Waals surface area (Å²) in [7, 11) is 0. The normalized spacial score (nSPS) is 12.0. The minimum absolute atomic E-state index is 0. The summed E-state index contributed by atoms with van der Waals surface area (Å²) in [4.78, 5) is 14.7. The molecule has 0 bridgehead atoms. The molecule has 10 rings (SSSR count). The summed E-state index contributed by atoms with van der Waals surface area (Å²) < 4.78 is 10.3. The Kier molecular flexibility index (Phi) is 13.5. The van der Waals surface area contributed by atoms with Gasteiger partial charge >= 0.3 is 132 Å². The monoisotopic (exact) mass is 1120 g/mol. The van der Waals surface area contributed by atoms with Gasteiger partial charge in [-0.1, -0.05) is 105 Å². The Balaban J connectivity index is 0.000000234. The number of benzene rings is 6. The van der Waals surface area contributed by atoms with Crippen molar-refractivity contribution in [3.63, 3.8) is 0 Å². The maximum atomic E-state index is 6.50. The average molecular weight is 1120 g/mol. The second kappa shape index (κ2) is 19.0. The van der Waals surface area contributed by atoms with E-state index >= 15 is 0 Å². The van der Waals surface area contributed by atoms with Crippen molar-refractivity contribution in [2.24, 2.45) is 5.41 Å². The Bertz CT molecular complexity index is 3280. The van der Waals surface area contributed by atoms with E-state index < -0.39 is 13.3 Å². The van der Waals surface area contributed by atoms with Crippen LogP contribution in [0.25, 0.3) is 83.7 Å². The molecule has 0 spiro atoms. The van der Waals surface area contributed by atoms with Crippen molar-refractivity contribution < 1.29 is 24.5 Å². The minimum atomic E-state index is -1.90. The number of hydrogen-bond donors (Lipinski definition) is 0. The molecule has 6 aromatic carbocycles. The van der Waals surface area contributed by atoms with E-state index in [1.54, 1.807) is 0 Å². The predicted octanol–water partition coefficient (Wildman–Crippen LogP) is 15.4. The molecule has 67 heavy (non-hydrogen) atoms. The van der Waals surface area contributed by atoms with Gasteiger partial charge in [-0.2, -0.15) is 0 Å². The fraction of sp³-hybridized carbons (Fsp3) is 0.217. The van der Waals surface area contributed by atoms with Gasteiger partial charge < -0.3 is 8.98 Å². The number of rotatable bonds is 7. The van der Waals surface area contributed by atoms with Gasteiger partial charge in [0.25, 0.3) is 0 Å². The standard InChI is InChI=1S/C41H32N3O.C19H26GeN.Ir/c1-26-22-23-31-30-18-13-19-32(38(30)45-40(31)42-26)39-43-35-20-11-12-21-36(35)44(39)37-33(27-14-7-5-8-15-27)24-29(41(2,3)4)25-34(37)28-16-9-6-10-17-28;1-19(2,3)13-16-12-18(15-10-8-7-9-11-15)21-14-17(16)20(4,5)6;/h5-18,20-25H,1-4H3;7-10,12,14H,13H2,1-6H3;/q2*-1;. The van der Waals surface area contributed by atoms with Crippen molar-refractivity contribution in [1.29, 1.82) is 0 Å². The number of pyridine rings is 2. The Morgan fingerprint density at radius 2 is 1.30 bits per heavy atom. The first-order valence-corrected chi connectivity index (χ1v) is 30.3. The van der Waals surface area contributed by atoms with Crippen LogP contribution in [0.5, 0.6) is 0 Å². The predicted molar refractivity (Wildman–Crippen MR) is 279 cm³/mol. The molecule has 0 atom stereocenters. The molecule has 0 aliphatic rings. The molecule has 0 aliphatic heterocycles. The van der Waals surface area contributed by atoms with E-state index in [-0.39, 0.29) is 25.5 Å². The van der Waals surface area contributed by atoms with E-state index in [0.29, 0.717) is 11.1 Å². The first-order valence-electron chi connectivity index (χ1n) is 23.0. The van der Waals surface area contributed by atoms with E-state index in [1.807, 2.05) is 43.3 Å². The third kappa shape index (κ3) is 10.0.